The van der Waals surface area contributed by atoms with E-state index in [1.807, 2.05) is 12.1 Å². The molecule has 0 amide bonds. The van der Waals surface area contributed by atoms with Crippen LogP contribution in [0.1, 0.15) is 24.3 Å². The molecule has 0 heterocycles. The molecule has 1 unspecified atom stereocenters. The topological polar surface area (TPSA) is 46.5 Å². The average Bonchev–Trinajstić information content (AvgIpc) is 2.49. The van der Waals surface area contributed by atoms with E-state index in [0.717, 1.165) is 18.1 Å². The number of terminal acetylenes is 1. The molecule has 2 rings (SSSR count). The summed E-state index contributed by atoms with van der Waals surface area (Å²) in [4.78, 5) is 11.1. The van der Waals surface area contributed by atoms with Crippen molar-refractivity contribution in [3.05, 3.63) is 52.3 Å². The maximum Gasteiger partial charge on any atom is 0.147 e. The lowest BCUT2D eigenvalue weighted by Gasteiger charge is -2.24. The normalized spacial score (nSPS) is 20.6. The fraction of sp³-hybridized carbons (Fsp3) is 0.188. The predicted molar refractivity (Wildman–Crippen MR) is 77.5 cm³/mol. The van der Waals surface area contributed by atoms with Crippen LogP contribution in [0, 0.1) is 12.5 Å². The van der Waals surface area contributed by atoms with Crippen LogP contribution in [-0.2, 0) is 4.79 Å². The fourth-order valence-corrected chi connectivity index (χ4v) is 2.56. The van der Waals surface area contributed by atoms with Crippen molar-refractivity contribution >= 4 is 17.9 Å². The van der Waals surface area contributed by atoms with Crippen LogP contribution >= 0.6 is 11.6 Å². The summed E-state index contributed by atoms with van der Waals surface area (Å²) < 4.78 is 4.94. The highest BCUT2D eigenvalue weighted by atomic mass is 35.5. The Labute approximate surface area is 122 Å². The molecule has 0 saturated carbocycles. The molecule has 0 radical (unpaired) electrons. The van der Waals surface area contributed by atoms with Gasteiger partial charge in [-0.3, -0.25) is 4.79 Å². The molecule has 3 nitrogen and oxygen atoms in total. The predicted octanol–water partition coefficient (Wildman–Crippen LogP) is 3.67. The van der Waals surface area contributed by atoms with E-state index in [9.17, 15) is 9.90 Å². The van der Waals surface area contributed by atoms with Crippen molar-refractivity contribution < 1.29 is 14.6 Å². The number of benzene rings is 1. The standard InChI is InChI=1S/C16H13ClO3/c1-2-20-15-5-3-11(4-6-15)12-7-13(9-18)16(17)14(8-12)10-19/h1,3-6,9-10,12,18H,7-8H2/b13-9+. The summed E-state index contributed by atoms with van der Waals surface area (Å²) in [5.41, 5.74) is 2.12. The van der Waals surface area contributed by atoms with Gasteiger partial charge in [-0.25, -0.2) is 0 Å². The lowest BCUT2D eigenvalue weighted by molar-refractivity contribution is -0.105. The van der Waals surface area contributed by atoms with Gasteiger partial charge in [0.05, 0.1) is 11.3 Å². The van der Waals surface area contributed by atoms with Gasteiger partial charge in [0.1, 0.15) is 18.1 Å². The Bertz CT molecular complexity index is 606. The third kappa shape index (κ3) is 2.87. The SMILES string of the molecule is C#COc1ccc(C2CC(C=O)=C(Cl)/C(=C/O)C2)cc1. The Balaban J connectivity index is 2.26. The summed E-state index contributed by atoms with van der Waals surface area (Å²) in [7, 11) is 0. The highest BCUT2D eigenvalue weighted by molar-refractivity contribution is 6.33. The molecule has 0 aliphatic heterocycles. The number of ether oxygens (including phenoxy) is 1. The first-order valence-corrected chi connectivity index (χ1v) is 6.47. The maximum atomic E-state index is 11.1. The van der Waals surface area contributed by atoms with Crippen molar-refractivity contribution in [1.82, 2.24) is 0 Å². The Morgan fingerprint density at radius 3 is 2.60 bits per heavy atom. The summed E-state index contributed by atoms with van der Waals surface area (Å²) in [5, 5.41) is 9.57. The van der Waals surface area contributed by atoms with E-state index in [4.69, 9.17) is 22.8 Å². The van der Waals surface area contributed by atoms with E-state index < -0.39 is 0 Å². The summed E-state index contributed by atoms with van der Waals surface area (Å²) in [6.45, 7) is 0. The van der Waals surface area contributed by atoms with Crippen LogP contribution in [0.15, 0.2) is 46.7 Å². The second kappa shape index (κ2) is 6.31. The first kappa shape index (κ1) is 14.2. The molecule has 1 aliphatic carbocycles. The van der Waals surface area contributed by atoms with E-state index in [2.05, 4.69) is 6.11 Å². The minimum absolute atomic E-state index is 0.0935. The summed E-state index contributed by atoms with van der Waals surface area (Å²) >= 11 is 6.05. The van der Waals surface area contributed by atoms with Gasteiger partial charge in [0, 0.05) is 11.1 Å². The number of aldehydes is 1. The number of aliphatic hydroxyl groups is 1. The zero-order valence-electron chi connectivity index (χ0n) is 10.7. The first-order chi connectivity index (χ1) is 9.69. The molecule has 0 spiro atoms. The van der Waals surface area contributed by atoms with Gasteiger partial charge < -0.3 is 9.84 Å². The lowest BCUT2D eigenvalue weighted by atomic mass is 9.82. The van der Waals surface area contributed by atoms with Gasteiger partial charge in [0.25, 0.3) is 0 Å². The molecule has 4 heteroatoms. The summed E-state index contributed by atoms with van der Waals surface area (Å²) in [6, 6.07) is 7.35. The average molecular weight is 289 g/mol. The second-order valence-electron chi connectivity index (χ2n) is 4.51. The van der Waals surface area contributed by atoms with Gasteiger partial charge in [-0.15, -0.1) is 0 Å². The molecular formula is C16H13ClO3. The molecule has 1 aliphatic rings. The smallest absolute Gasteiger partial charge is 0.147 e. The summed E-state index contributed by atoms with van der Waals surface area (Å²) in [5.74, 6) is 0.685. The number of halogens is 1. The van der Waals surface area contributed by atoms with Crippen LogP contribution in [0.4, 0.5) is 0 Å². The van der Waals surface area contributed by atoms with E-state index >= 15 is 0 Å². The number of aliphatic hydroxyl groups excluding tert-OH is 1. The van der Waals surface area contributed by atoms with Crippen LogP contribution in [0.25, 0.3) is 0 Å². The monoisotopic (exact) mass is 288 g/mol. The highest BCUT2D eigenvalue weighted by Gasteiger charge is 2.25. The molecule has 1 N–H and O–H groups in total. The molecular weight excluding hydrogens is 276 g/mol. The molecule has 20 heavy (non-hydrogen) atoms. The summed E-state index contributed by atoms with van der Waals surface area (Å²) in [6.07, 6.45) is 10.0. The van der Waals surface area contributed by atoms with Crippen LogP contribution in [0.5, 0.6) is 5.75 Å². The van der Waals surface area contributed by atoms with Crippen molar-refractivity contribution in [2.24, 2.45) is 0 Å². The molecule has 1 atom stereocenters. The Morgan fingerprint density at radius 1 is 1.35 bits per heavy atom. The number of hydrogen-bond donors (Lipinski definition) is 1. The molecule has 102 valence electrons. The number of allylic oxidation sites excluding steroid dienone is 3. The minimum atomic E-state index is 0.0935. The number of hydrogen-bond acceptors (Lipinski definition) is 3. The third-order valence-corrected chi connectivity index (χ3v) is 3.81. The number of carbonyl (C=O) groups is 1. The van der Waals surface area contributed by atoms with Gasteiger partial charge >= 0.3 is 0 Å². The molecule has 0 saturated heterocycles. The Morgan fingerprint density at radius 2 is 2.05 bits per heavy atom. The first-order valence-electron chi connectivity index (χ1n) is 6.09. The van der Waals surface area contributed by atoms with Gasteiger partial charge in [0.2, 0.25) is 0 Å². The highest BCUT2D eigenvalue weighted by Crippen LogP contribution is 2.40. The van der Waals surface area contributed by atoms with Gasteiger partial charge in [-0.1, -0.05) is 30.2 Å². The van der Waals surface area contributed by atoms with Crippen LogP contribution in [0.2, 0.25) is 0 Å². The van der Waals surface area contributed by atoms with Crippen LogP contribution in [-0.4, -0.2) is 11.4 Å². The molecule has 0 aromatic heterocycles. The minimum Gasteiger partial charge on any atom is -0.515 e. The quantitative estimate of drug-likeness (QED) is 0.524. The molecule has 0 fully saturated rings. The van der Waals surface area contributed by atoms with E-state index in [0.29, 0.717) is 34.8 Å². The number of carbonyl (C=O) groups excluding carboxylic acids is 1. The fourth-order valence-electron chi connectivity index (χ4n) is 2.31. The van der Waals surface area contributed by atoms with Crippen molar-refractivity contribution in [1.29, 1.82) is 0 Å². The maximum absolute atomic E-state index is 11.1. The number of rotatable bonds is 3. The van der Waals surface area contributed by atoms with Crippen molar-refractivity contribution in [3.8, 4) is 18.3 Å². The molecule has 1 aromatic carbocycles. The second-order valence-corrected chi connectivity index (χ2v) is 4.88. The third-order valence-electron chi connectivity index (χ3n) is 3.32. The Kier molecular flexibility index (Phi) is 4.49. The molecule has 1 aromatic rings. The van der Waals surface area contributed by atoms with Crippen molar-refractivity contribution in [2.75, 3.05) is 0 Å². The Hall–Kier alpha value is -2.18. The van der Waals surface area contributed by atoms with Crippen molar-refractivity contribution in [2.45, 2.75) is 18.8 Å². The van der Waals surface area contributed by atoms with E-state index in [-0.39, 0.29) is 5.92 Å². The van der Waals surface area contributed by atoms with Crippen molar-refractivity contribution in [3.63, 3.8) is 0 Å². The lowest BCUT2D eigenvalue weighted by Crippen LogP contribution is -2.10. The van der Waals surface area contributed by atoms with Gasteiger partial charge in [0.15, 0.2) is 0 Å². The van der Waals surface area contributed by atoms with Gasteiger partial charge in [-0.05, 0) is 36.5 Å². The van der Waals surface area contributed by atoms with E-state index in [1.54, 1.807) is 12.1 Å². The largest absolute Gasteiger partial charge is 0.515 e. The zero-order valence-corrected chi connectivity index (χ0v) is 11.4. The van der Waals surface area contributed by atoms with Crippen LogP contribution in [0.3, 0.4) is 0 Å². The van der Waals surface area contributed by atoms with Gasteiger partial charge in [-0.2, -0.15) is 0 Å². The molecule has 0 bridgehead atoms. The van der Waals surface area contributed by atoms with Crippen LogP contribution < -0.4 is 4.74 Å². The zero-order chi connectivity index (χ0) is 14.5. The van der Waals surface area contributed by atoms with E-state index in [1.165, 1.54) is 0 Å².